The van der Waals surface area contributed by atoms with Crippen LogP contribution in [0.15, 0.2) is 36.4 Å². The van der Waals surface area contributed by atoms with Crippen molar-refractivity contribution in [3.05, 3.63) is 52.9 Å². The molecule has 3 rings (SSSR count). The molecule has 2 aromatic carbocycles. The third-order valence-electron chi connectivity index (χ3n) is 3.32. The number of benzene rings is 2. The Morgan fingerprint density at radius 2 is 1.95 bits per heavy atom. The van der Waals surface area contributed by atoms with Crippen molar-refractivity contribution in [3.8, 4) is 17.0 Å². The van der Waals surface area contributed by atoms with Gasteiger partial charge in [0.2, 0.25) is 0 Å². The molecule has 0 unspecified atom stereocenters. The topological polar surface area (TPSA) is 35.0 Å². The second-order valence-electron chi connectivity index (χ2n) is 4.71. The molecule has 1 aromatic heterocycles. The highest BCUT2D eigenvalue weighted by atomic mass is 35.5. The zero-order chi connectivity index (χ0) is 15.0. The highest BCUT2D eigenvalue weighted by Crippen LogP contribution is 2.36. The van der Waals surface area contributed by atoms with Crippen LogP contribution >= 0.6 is 11.6 Å². The van der Waals surface area contributed by atoms with Gasteiger partial charge in [-0.3, -0.25) is 0 Å². The van der Waals surface area contributed by atoms with E-state index in [2.05, 4.69) is 10.2 Å². The molecular weight excluding hydrogens is 291 g/mol. The van der Waals surface area contributed by atoms with Gasteiger partial charge >= 0.3 is 0 Å². The van der Waals surface area contributed by atoms with Crippen molar-refractivity contribution in [2.24, 2.45) is 0 Å². The SMILES string of the molecule is COc1cc(C)ccc1-c1nnc(Cl)c2cccc(F)c12. The molecule has 3 aromatic rings. The van der Waals surface area contributed by atoms with Crippen LogP contribution in [0.4, 0.5) is 4.39 Å². The molecule has 0 atom stereocenters. The maximum atomic E-state index is 14.3. The molecule has 0 amide bonds. The number of ether oxygens (including phenoxy) is 1. The fourth-order valence-electron chi connectivity index (χ4n) is 2.32. The zero-order valence-electron chi connectivity index (χ0n) is 11.5. The Balaban J connectivity index is 2.39. The Morgan fingerprint density at radius 1 is 1.14 bits per heavy atom. The second kappa shape index (κ2) is 5.30. The average Bonchev–Trinajstić information content (AvgIpc) is 2.49. The number of aromatic nitrogens is 2. The summed E-state index contributed by atoms with van der Waals surface area (Å²) >= 11 is 6.02. The van der Waals surface area contributed by atoms with Crippen LogP contribution in [0.3, 0.4) is 0 Å². The van der Waals surface area contributed by atoms with E-state index < -0.39 is 0 Å². The van der Waals surface area contributed by atoms with Crippen molar-refractivity contribution < 1.29 is 9.13 Å². The number of hydrogen-bond donors (Lipinski definition) is 0. The molecule has 0 N–H and O–H groups in total. The minimum atomic E-state index is -0.387. The Morgan fingerprint density at radius 3 is 2.71 bits per heavy atom. The van der Waals surface area contributed by atoms with Crippen LogP contribution in [0.5, 0.6) is 5.75 Å². The number of fused-ring (bicyclic) bond motifs is 1. The van der Waals surface area contributed by atoms with Crippen LogP contribution in [0.1, 0.15) is 5.56 Å². The van der Waals surface area contributed by atoms with E-state index >= 15 is 0 Å². The Bertz CT molecular complexity index is 836. The lowest BCUT2D eigenvalue weighted by atomic mass is 10.0. The quantitative estimate of drug-likeness (QED) is 0.703. The van der Waals surface area contributed by atoms with Crippen molar-refractivity contribution in [2.75, 3.05) is 7.11 Å². The number of nitrogens with zero attached hydrogens (tertiary/aromatic N) is 2. The second-order valence-corrected chi connectivity index (χ2v) is 5.06. The fourth-order valence-corrected chi connectivity index (χ4v) is 2.51. The monoisotopic (exact) mass is 302 g/mol. The van der Waals surface area contributed by atoms with Crippen LogP contribution in [0, 0.1) is 12.7 Å². The number of halogens is 2. The number of methoxy groups -OCH3 is 1. The van der Waals surface area contributed by atoms with Crippen LogP contribution < -0.4 is 4.74 Å². The minimum absolute atomic E-state index is 0.180. The van der Waals surface area contributed by atoms with Gasteiger partial charge in [0, 0.05) is 16.3 Å². The van der Waals surface area contributed by atoms with Gasteiger partial charge in [0.15, 0.2) is 5.15 Å². The van der Waals surface area contributed by atoms with Gasteiger partial charge < -0.3 is 4.74 Å². The summed E-state index contributed by atoms with van der Waals surface area (Å²) in [6.45, 7) is 1.96. The van der Waals surface area contributed by atoms with E-state index in [-0.39, 0.29) is 11.0 Å². The molecule has 0 bridgehead atoms. The smallest absolute Gasteiger partial charge is 0.159 e. The van der Waals surface area contributed by atoms with Crippen molar-refractivity contribution in [3.63, 3.8) is 0 Å². The maximum Gasteiger partial charge on any atom is 0.159 e. The van der Waals surface area contributed by atoms with Crippen molar-refractivity contribution in [2.45, 2.75) is 6.92 Å². The van der Waals surface area contributed by atoms with Crippen LogP contribution in [-0.2, 0) is 0 Å². The first-order chi connectivity index (χ1) is 10.1. The fraction of sp³-hybridized carbons (Fsp3) is 0.125. The average molecular weight is 303 g/mol. The predicted molar refractivity (Wildman–Crippen MR) is 81.2 cm³/mol. The van der Waals surface area contributed by atoms with E-state index in [0.29, 0.717) is 27.8 Å². The normalized spacial score (nSPS) is 10.9. The minimum Gasteiger partial charge on any atom is -0.496 e. The summed E-state index contributed by atoms with van der Waals surface area (Å²) in [4.78, 5) is 0. The molecule has 0 saturated heterocycles. The lowest BCUT2D eigenvalue weighted by molar-refractivity contribution is 0.416. The molecule has 0 aliphatic carbocycles. The van der Waals surface area contributed by atoms with Gasteiger partial charge in [-0.05, 0) is 30.7 Å². The molecule has 0 saturated carbocycles. The summed E-state index contributed by atoms with van der Waals surface area (Å²) in [5, 5.41) is 9.05. The van der Waals surface area contributed by atoms with E-state index in [1.165, 1.54) is 6.07 Å². The molecule has 0 radical (unpaired) electrons. The van der Waals surface area contributed by atoms with Gasteiger partial charge in [0.1, 0.15) is 17.3 Å². The molecule has 0 fully saturated rings. The summed E-state index contributed by atoms with van der Waals surface area (Å²) in [5.74, 6) is 0.234. The number of aryl methyl sites for hydroxylation is 1. The molecule has 5 heteroatoms. The molecule has 0 aliphatic heterocycles. The van der Waals surface area contributed by atoms with Gasteiger partial charge in [-0.1, -0.05) is 29.8 Å². The number of rotatable bonds is 2. The lowest BCUT2D eigenvalue weighted by Crippen LogP contribution is -1.96. The van der Waals surface area contributed by atoms with Crippen molar-refractivity contribution in [1.29, 1.82) is 0 Å². The third kappa shape index (κ3) is 2.32. The van der Waals surface area contributed by atoms with Crippen LogP contribution in [-0.4, -0.2) is 17.3 Å². The molecular formula is C16H12ClFN2O. The molecule has 3 nitrogen and oxygen atoms in total. The first-order valence-electron chi connectivity index (χ1n) is 6.37. The van der Waals surface area contributed by atoms with Gasteiger partial charge in [0.05, 0.1) is 7.11 Å². The summed E-state index contributed by atoms with van der Waals surface area (Å²) in [6.07, 6.45) is 0. The molecule has 21 heavy (non-hydrogen) atoms. The summed E-state index contributed by atoms with van der Waals surface area (Å²) in [5.41, 5.74) is 2.15. The first-order valence-corrected chi connectivity index (χ1v) is 6.75. The van der Waals surface area contributed by atoms with E-state index in [9.17, 15) is 4.39 Å². The highest BCUT2D eigenvalue weighted by Gasteiger charge is 2.16. The Kier molecular flexibility index (Phi) is 3.47. The molecule has 1 heterocycles. The standard InChI is InChI=1S/C16H12ClFN2O/c1-9-6-7-10(13(8-9)21-2)15-14-11(16(17)20-19-15)4-3-5-12(14)18/h3-8H,1-2H3. The highest BCUT2D eigenvalue weighted by molar-refractivity contribution is 6.34. The van der Waals surface area contributed by atoms with Gasteiger partial charge in [-0.15, -0.1) is 10.2 Å². The lowest BCUT2D eigenvalue weighted by Gasteiger charge is -2.11. The first kappa shape index (κ1) is 13.8. The van der Waals surface area contributed by atoms with Crippen molar-refractivity contribution >= 4 is 22.4 Å². The number of hydrogen-bond acceptors (Lipinski definition) is 3. The Labute approximate surface area is 126 Å². The summed E-state index contributed by atoms with van der Waals surface area (Å²) < 4.78 is 19.6. The molecule has 0 spiro atoms. The summed E-state index contributed by atoms with van der Waals surface area (Å²) in [7, 11) is 1.57. The van der Waals surface area contributed by atoms with E-state index in [1.54, 1.807) is 19.2 Å². The van der Waals surface area contributed by atoms with Crippen LogP contribution in [0.25, 0.3) is 22.0 Å². The van der Waals surface area contributed by atoms with Crippen LogP contribution in [0.2, 0.25) is 5.15 Å². The molecule has 0 aliphatic rings. The van der Waals surface area contributed by atoms with Crippen molar-refractivity contribution in [1.82, 2.24) is 10.2 Å². The zero-order valence-corrected chi connectivity index (χ0v) is 12.3. The Hall–Kier alpha value is -2.20. The van der Waals surface area contributed by atoms with E-state index in [4.69, 9.17) is 16.3 Å². The summed E-state index contributed by atoms with van der Waals surface area (Å²) in [6, 6.07) is 10.3. The van der Waals surface area contributed by atoms with E-state index in [0.717, 1.165) is 5.56 Å². The molecule has 106 valence electrons. The van der Waals surface area contributed by atoms with E-state index in [1.807, 2.05) is 25.1 Å². The largest absolute Gasteiger partial charge is 0.496 e. The predicted octanol–water partition coefficient (Wildman–Crippen LogP) is 4.41. The van der Waals surface area contributed by atoms with Gasteiger partial charge in [0.25, 0.3) is 0 Å². The maximum absolute atomic E-state index is 14.3. The van der Waals surface area contributed by atoms with Gasteiger partial charge in [-0.2, -0.15) is 0 Å². The third-order valence-corrected chi connectivity index (χ3v) is 3.60. The van der Waals surface area contributed by atoms with Gasteiger partial charge in [-0.25, -0.2) is 4.39 Å².